The number of aromatic amines is 1. The second-order valence-corrected chi connectivity index (χ2v) is 10.9. The van der Waals surface area contributed by atoms with Crippen LogP contribution in [0.1, 0.15) is 34.1 Å². The third kappa shape index (κ3) is 5.68. The number of aromatic nitrogens is 2. The van der Waals surface area contributed by atoms with Gasteiger partial charge in [-0.25, -0.2) is 4.99 Å². The Balaban J connectivity index is 1.44. The van der Waals surface area contributed by atoms with E-state index in [0.29, 0.717) is 33.6 Å². The molecule has 0 saturated carbocycles. The van der Waals surface area contributed by atoms with Crippen molar-refractivity contribution in [1.29, 1.82) is 0 Å². The van der Waals surface area contributed by atoms with E-state index < -0.39 is 5.97 Å². The van der Waals surface area contributed by atoms with Crippen LogP contribution < -0.4 is 15.9 Å². The third-order valence-electron chi connectivity index (χ3n) is 6.72. The van der Waals surface area contributed by atoms with Gasteiger partial charge in [0.2, 0.25) is 11.1 Å². The van der Waals surface area contributed by atoms with Gasteiger partial charge in [-0.3, -0.25) is 14.6 Å². The first-order valence-electron chi connectivity index (χ1n) is 13.3. The number of benzene rings is 3. The Bertz CT molecular complexity index is 2030. The molecular weight excluding hydrogens is 548 g/mol. The first kappa shape index (κ1) is 27.0. The van der Waals surface area contributed by atoms with Gasteiger partial charge in [0, 0.05) is 35.8 Å². The first-order valence-corrected chi connectivity index (χ1v) is 14.2. The van der Waals surface area contributed by atoms with Gasteiger partial charge in [-0.15, -0.1) is 0 Å². The fourth-order valence-corrected chi connectivity index (χ4v) is 5.67. The molecule has 0 aliphatic rings. The van der Waals surface area contributed by atoms with Crippen LogP contribution in [-0.4, -0.2) is 16.9 Å². The zero-order chi connectivity index (χ0) is 29.2. The van der Waals surface area contributed by atoms with E-state index in [0.717, 1.165) is 16.1 Å². The van der Waals surface area contributed by atoms with E-state index in [4.69, 9.17) is 14.1 Å². The van der Waals surface area contributed by atoms with Crippen LogP contribution in [0.15, 0.2) is 94.5 Å². The highest BCUT2D eigenvalue weighted by atomic mass is 32.1. The average molecular weight is 576 g/mol. The molecule has 9 heteroatoms. The number of esters is 1. The van der Waals surface area contributed by atoms with Crippen molar-refractivity contribution in [3.05, 3.63) is 113 Å². The van der Waals surface area contributed by atoms with Crippen molar-refractivity contribution >= 4 is 55.8 Å². The summed E-state index contributed by atoms with van der Waals surface area (Å²) in [7, 11) is 0. The number of fused-ring (bicyclic) bond motifs is 2. The number of carbonyl (C=O) groups is 2. The zero-order valence-electron chi connectivity index (χ0n) is 23.2. The molecule has 0 fully saturated rings. The van der Waals surface area contributed by atoms with Gasteiger partial charge in [0.15, 0.2) is 5.58 Å². The third-order valence-corrected chi connectivity index (χ3v) is 7.82. The second kappa shape index (κ2) is 11.4. The smallest absolute Gasteiger partial charge is 0.302 e. The van der Waals surface area contributed by atoms with Crippen molar-refractivity contribution in [3.8, 4) is 10.6 Å². The summed E-state index contributed by atoms with van der Waals surface area (Å²) < 4.78 is 12.7. The van der Waals surface area contributed by atoms with Crippen LogP contribution in [0.3, 0.4) is 0 Å². The van der Waals surface area contributed by atoms with Gasteiger partial charge in [0.25, 0.3) is 10.9 Å². The van der Waals surface area contributed by atoms with Crippen molar-refractivity contribution in [3.63, 3.8) is 0 Å². The monoisotopic (exact) mass is 575 g/mol. The van der Waals surface area contributed by atoms with Gasteiger partial charge in [-0.2, -0.15) is 4.98 Å². The number of carbonyl (C=O) groups excluding carboxylic acids is 2. The molecular formula is C33H27N4O4S+. The highest BCUT2D eigenvalue weighted by Crippen LogP contribution is 2.29. The first-order chi connectivity index (χ1) is 20.3. The summed E-state index contributed by atoms with van der Waals surface area (Å²) in [6, 6.07) is 25.0. The molecule has 2 N–H and O–H groups in total. The maximum atomic E-state index is 13.5. The number of aryl methyl sites for hydroxylation is 2. The minimum atomic E-state index is -0.416. The molecule has 0 spiro atoms. The van der Waals surface area contributed by atoms with Gasteiger partial charge in [-0.05, 0) is 67.9 Å². The summed E-state index contributed by atoms with van der Waals surface area (Å²) in [5.74, 6) is -0.800. The number of H-pyrrole nitrogens is 1. The SMILES string of the molecule is CC(=O)OCc1cnc(C)c2oc(=Nc3ccc(-c4[nH+]c5ccc(C)cc5s4)cc3)c(C(=O)Nc3ccccc3)cc12. The molecule has 3 aromatic carbocycles. The van der Waals surface area contributed by atoms with E-state index in [-0.39, 0.29) is 23.6 Å². The maximum Gasteiger partial charge on any atom is 0.302 e. The van der Waals surface area contributed by atoms with E-state index in [1.807, 2.05) is 49.4 Å². The lowest BCUT2D eigenvalue weighted by Gasteiger charge is -2.11. The Kier molecular flexibility index (Phi) is 7.33. The molecule has 0 saturated heterocycles. The number of ether oxygens (including phenoxy) is 1. The van der Waals surface area contributed by atoms with Crippen LogP contribution in [-0.2, 0) is 16.1 Å². The van der Waals surface area contributed by atoms with Crippen LogP contribution in [0.25, 0.3) is 31.8 Å². The summed E-state index contributed by atoms with van der Waals surface area (Å²) >= 11 is 1.70. The van der Waals surface area contributed by atoms with Gasteiger partial charge in [-0.1, -0.05) is 35.6 Å². The van der Waals surface area contributed by atoms with Crippen LogP contribution >= 0.6 is 11.3 Å². The molecule has 208 valence electrons. The number of anilines is 1. The lowest BCUT2D eigenvalue weighted by atomic mass is 10.1. The van der Waals surface area contributed by atoms with Gasteiger partial charge < -0.3 is 14.5 Å². The van der Waals surface area contributed by atoms with E-state index in [1.165, 1.54) is 17.2 Å². The van der Waals surface area contributed by atoms with Crippen LogP contribution in [0.2, 0.25) is 0 Å². The van der Waals surface area contributed by atoms with E-state index in [9.17, 15) is 9.59 Å². The predicted octanol–water partition coefficient (Wildman–Crippen LogP) is 6.69. The van der Waals surface area contributed by atoms with Crippen molar-refractivity contribution in [2.45, 2.75) is 27.4 Å². The van der Waals surface area contributed by atoms with Crippen molar-refractivity contribution in [2.75, 3.05) is 5.32 Å². The predicted molar refractivity (Wildman–Crippen MR) is 162 cm³/mol. The number of hydrogen-bond donors (Lipinski definition) is 1. The Morgan fingerprint density at radius 3 is 2.57 bits per heavy atom. The molecule has 1 amide bonds. The van der Waals surface area contributed by atoms with Gasteiger partial charge in [0.05, 0.1) is 16.9 Å². The molecule has 6 rings (SSSR count). The van der Waals surface area contributed by atoms with E-state index in [2.05, 4.69) is 40.4 Å². The number of nitrogens with zero attached hydrogens (tertiary/aromatic N) is 2. The molecule has 0 radical (unpaired) electrons. The largest absolute Gasteiger partial charge is 0.461 e. The van der Waals surface area contributed by atoms with Crippen molar-refractivity contribution in [2.24, 2.45) is 4.99 Å². The highest BCUT2D eigenvalue weighted by molar-refractivity contribution is 7.21. The molecule has 0 aliphatic heterocycles. The Hall–Kier alpha value is -5.15. The van der Waals surface area contributed by atoms with Gasteiger partial charge in [0.1, 0.15) is 16.9 Å². The molecule has 6 aromatic rings. The summed E-state index contributed by atoms with van der Waals surface area (Å²) in [6.45, 7) is 5.24. The highest BCUT2D eigenvalue weighted by Gasteiger charge is 2.18. The van der Waals surface area contributed by atoms with Gasteiger partial charge >= 0.3 is 5.97 Å². The van der Waals surface area contributed by atoms with Crippen molar-refractivity contribution in [1.82, 2.24) is 4.98 Å². The summed E-state index contributed by atoms with van der Waals surface area (Å²) in [6.07, 6.45) is 1.62. The minimum Gasteiger partial charge on any atom is -0.461 e. The van der Waals surface area contributed by atoms with E-state index >= 15 is 0 Å². The van der Waals surface area contributed by atoms with Crippen LogP contribution in [0, 0.1) is 13.8 Å². The summed E-state index contributed by atoms with van der Waals surface area (Å²) in [4.78, 5) is 37.7. The number of hydrogen-bond acceptors (Lipinski definition) is 7. The molecule has 0 unspecified atom stereocenters. The Morgan fingerprint density at radius 2 is 1.81 bits per heavy atom. The summed E-state index contributed by atoms with van der Waals surface area (Å²) in [5.41, 5.74) is 6.67. The number of pyridine rings is 1. The fraction of sp³-hybridized carbons (Fsp3) is 0.121. The number of amides is 1. The topological polar surface area (TPSA) is 108 Å². The van der Waals surface area contributed by atoms with Crippen LogP contribution in [0.4, 0.5) is 11.4 Å². The average Bonchev–Trinajstić information content (AvgIpc) is 3.41. The Morgan fingerprint density at radius 1 is 1.02 bits per heavy atom. The molecule has 0 aliphatic carbocycles. The minimum absolute atomic E-state index is 0.000642. The number of para-hydroxylation sites is 1. The molecule has 0 bridgehead atoms. The van der Waals surface area contributed by atoms with Crippen molar-refractivity contribution < 1.29 is 23.7 Å². The zero-order valence-corrected chi connectivity index (χ0v) is 24.0. The molecule has 42 heavy (non-hydrogen) atoms. The van der Waals surface area contributed by atoms with E-state index in [1.54, 1.807) is 35.7 Å². The lowest BCUT2D eigenvalue weighted by molar-refractivity contribution is -0.325. The molecule has 3 heterocycles. The quantitative estimate of drug-likeness (QED) is 0.223. The number of rotatable bonds is 6. The molecule has 0 atom stereocenters. The number of thiazole rings is 1. The standard InChI is InChI=1S/C33H26N4O4S/c1-19-9-14-28-29(15-19)42-33(37-28)22-10-12-25(13-11-22)36-32-27(31(39)35-24-7-5-4-6-8-24)16-26-23(18-40-21(3)38)17-34-20(2)30(26)41-32/h4-17H,18H2,1-3H3,(H,35,39)/p+1. The summed E-state index contributed by atoms with van der Waals surface area (Å²) in [5, 5.41) is 4.58. The molecule has 3 aromatic heterocycles. The number of nitrogens with one attached hydrogen (secondary N) is 2. The Labute approximate surface area is 245 Å². The second-order valence-electron chi connectivity index (χ2n) is 9.89. The lowest BCUT2D eigenvalue weighted by Crippen LogP contribution is -2.22. The maximum absolute atomic E-state index is 13.5. The fourth-order valence-electron chi connectivity index (χ4n) is 4.56. The molecule has 8 nitrogen and oxygen atoms in total. The van der Waals surface area contributed by atoms with Crippen LogP contribution in [0.5, 0.6) is 0 Å². The normalized spacial score (nSPS) is 11.6.